The van der Waals surface area contributed by atoms with Gasteiger partial charge in [0.25, 0.3) is 5.91 Å². The van der Waals surface area contributed by atoms with Crippen molar-refractivity contribution in [2.75, 3.05) is 68.6 Å². The van der Waals surface area contributed by atoms with Crippen LogP contribution in [0.5, 0.6) is 0 Å². The molecule has 2 N–H and O–H groups in total. The van der Waals surface area contributed by atoms with Crippen LogP contribution >= 0.6 is 0 Å². The Morgan fingerprint density at radius 3 is 2.26 bits per heavy atom. The number of carbonyl (C=O) groups excluding carboxylic acids is 2. The molecule has 9 heteroatoms. The molecule has 2 aliphatic heterocycles. The minimum absolute atomic E-state index is 0.265. The van der Waals surface area contributed by atoms with Gasteiger partial charge in [0.2, 0.25) is 6.17 Å². The van der Waals surface area contributed by atoms with Crippen molar-refractivity contribution in [1.29, 1.82) is 0 Å². The highest BCUT2D eigenvalue weighted by Gasteiger charge is 2.38. The second-order valence-corrected chi connectivity index (χ2v) is 9.24. The zero-order valence-corrected chi connectivity index (χ0v) is 21.0. The average molecular weight is 478 g/mol. The van der Waals surface area contributed by atoms with E-state index in [1.165, 1.54) is 4.90 Å². The molecule has 0 aromatic heterocycles. The number of urea groups is 1. The number of fused-ring (bicyclic) bond motifs is 1. The molecule has 3 amide bonds. The highest BCUT2D eigenvalue weighted by Crippen LogP contribution is 2.31. The predicted molar refractivity (Wildman–Crippen MR) is 141 cm³/mol. The SMILES string of the molecule is CCCN1C(=O)[C@@H](N(C(N)=O)c2ccc(N(C)C)cc2)N=C(N2CCN(C)CC2)c2ccccc21. The van der Waals surface area contributed by atoms with E-state index in [0.717, 1.165) is 55.4 Å². The number of hydrogen-bond donors (Lipinski definition) is 1. The molecule has 1 fully saturated rings. The first-order chi connectivity index (χ1) is 16.8. The molecule has 0 saturated carbocycles. The zero-order valence-electron chi connectivity index (χ0n) is 21.0. The Bertz CT molecular complexity index is 1090. The third-order valence-corrected chi connectivity index (χ3v) is 6.54. The van der Waals surface area contributed by atoms with Crippen LogP contribution in [0.2, 0.25) is 0 Å². The van der Waals surface area contributed by atoms with Gasteiger partial charge in [-0.3, -0.25) is 9.69 Å². The highest BCUT2D eigenvalue weighted by atomic mass is 16.2. The topological polar surface area (TPSA) is 88.7 Å². The lowest BCUT2D eigenvalue weighted by Gasteiger charge is -2.35. The van der Waals surface area contributed by atoms with E-state index in [0.29, 0.717) is 12.2 Å². The average Bonchev–Trinajstić information content (AvgIpc) is 2.96. The molecule has 2 aliphatic rings. The second-order valence-electron chi connectivity index (χ2n) is 9.24. The summed E-state index contributed by atoms with van der Waals surface area (Å²) in [5, 5.41) is 0. The largest absolute Gasteiger partial charge is 0.378 e. The van der Waals surface area contributed by atoms with E-state index in [1.807, 2.05) is 62.3 Å². The van der Waals surface area contributed by atoms with Crippen molar-refractivity contribution < 1.29 is 9.59 Å². The summed E-state index contributed by atoms with van der Waals surface area (Å²) in [5.41, 5.74) is 9.11. The van der Waals surface area contributed by atoms with Gasteiger partial charge in [0.15, 0.2) is 0 Å². The van der Waals surface area contributed by atoms with Gasteiger partial charge in [0, 0.05) is 63.8 Å². The number of carbonyl (C=O) groups is 2. The fourth-order valence-electron chi connectivity index (χ4n) is 4.59. The zero-order chi connectivity index (χ0) is 25.1. The fourth-order valence-corrected chi connectivity index (χ4v) is 4.59. The number of amidine groups is 1. The maximum Gasteiger partial charge on any atom is 0.321 e. The number of para-hydroxylation sites is 1. The Morgan fingerprint density at radius 2 is 1.66 bits per heavy atom. The molecule has 0 aliphatic carbocycles. The molecular formula is C26H35N7O2. The van der Waals surface area contributed by atoms with E-state index in [-0.39, 0.29) is 5.91 Å². The Labute approximate surface area is 207 Å². The number of anilines is 3. The standard InChI is InChI=1S/C26H35N7O2/c1-5-14-32-22-9-7-6-8-21(22)23(31-17-15-30(4)16-18-31)28-24(25(32)34)33(26(27)35)20-12-10-19(11-13-20)29(2)3/h6-13,24H,5,14-18H2,1-4H3,(H2,27,35)/t24-/m1/s1. The van der Waals surface area contributed by atoms with Crippen molar-refractivity contribution >= 4 is 34.8 Å². The van der Waals surface area contributed by atoms with Gasteiger partial charge in [0.05, 0.1) is 5.69 Å². The number of amides is 3. The number of rotatable bonds is 5. The maximum absolute atomic E-state index is 14.0. The number of hydrogen-bond acceptors (Lipinski definition) is 6. The molecule has 1 saturated heterocycles. The summed E-state index contributed by atoms with van der Waals surface area (Å²) in [4.78, 5) is 41.3. The molecule has 0 spiro atoms. The van der Waals surface area contributed by atoms with Gasteiger partial charge in [-0.25, -0.2) is 9.79 Å². The van der Waals surface area contributed by atoms with Gasteiger partial charge < -0.3 is 25.3 Å². The lowest BCUT2D eigenvalue weighted by atomic mass is 10.1. The van der Waals surface area contributed by atoms with Crippen LogP contribution in [0.3, 0.4) is 0 Å². The van der Waals surface area contributed by atoms with Gasteiger partial charge in [-0.1, -0.05) is 19.1 Å². The van der Waals surface area contributed by atoms with E-state index < -0.39 is 12.2 Å². The third kappa shape index (κ3) is 4.95. The van der Waals surface area contributed by atoms with Crippen LogP contribution in [0, 0.1) is 0 Å². The van der Waals surface area contributed by atoms with Gasteiger partial charge in [-0.2, -0.15) is 0 Å². The molecule has 1 atom stereocenters. The van der Waals surface area contributed by atoms with E-state index in [1.54, 1.807) is 17.0 Å². The van der Waals surface area contributed by atoms with Crippen molar-refractivity contribution in [3.05, 3.63) is 54.1 Å². The molecule has 0 radical (unpaired) electrons. The summed E-state index contributed by atoms with van der Waals surface area (Å²) in [7, 11) is 5.99. The number of primary amides is 1. The lowest BCUT2D eigenvalue weighted by molar-refractivity contribution is -0.119. The van der Waals surface area contributed by atoms with Crippen LogP contribution in [0.25, 0.3) is 0 Å². The van der Waals surface area contributed by atoms with Crippen molar-refractivity contribution in [3.8, 4) is 0 Å². The highest BCUT2D eigenvalue weighted by molar-refractivity contribution is 6.14. The van der Waals surface area contributed by atoms with Crippen LogP contribution in [-0.2, 0) is 4.79 Å². The van der Waals surface area contributed by atoms with Crippen LogP contribution in [0.1, 0.15) is 18.9 Å². The van der Waals surface area contributed by atoms with E-state index >= 15 is 0 Å². The molecule has 35 heavy (non-hydrogen) atoms. The molecular weight excluding hydrogens is 442 g/mol. The van der Waals surface area contributed by atoms with Crippen LogP contribution in [0.4, 0.5) is 21.9 Å². The molecule has 186 valence electrons. The van der Waals surface area contributed by atoms with Crippen LogP contribution in [0.15, 0.2) is 53.5 Å². The number of piperazine rings is 1. The van der Waals surface area contributed by atoms with Gasteiger partial charge in [-0.15, -0.1) is 0 Å². The Balaban J connectivity index is 1.85. The quantitative estimate of drug-likeness (QED) is 0.715. The minimum Gasteiger partial charge on any atom is -0.378 e. The number of nitrogens with zero attached hydrogens (tertiary/aromatic N) is 6. The summed E-state index contributed by atoms with van der Waals surface area (Å²) in [5.74, 6) is 0.459. The lowest BCUT2D eigenvalue weighted by Crippen LogP contribution is -2.53. The van der Waals surface area contributed by atoms with E-state index in [2.05, 4.69) is 16.8 Å². The number of benzodiazepines with no additional fused rings is 1. The number of aliphatic imine (C=N–C) groups is 1. The summed E-state index contributed by atoms with van der Waals surface area (Å²) in [6.45, 7) is 5.90. The molecule has 0 unspecified atom stereocenters. The maximum atomic E-state index is 14.0. The fraction of sp³-hybridized carbons (Fsp3) is 0.423. The Hall–Kier alpha value is -3.59. The second kappa shape index (κ2) is 10.4. The predicted octanol–water partition coefficient (Wildman–Crippen LogP) is 2.41. The van der Waals surface area contributed by atoms with Gasteiger partial charge >= 0.3 is 6.03 Å². The third-order valence-electron chi connectivity index (χ3n) is 6.54. The van der Waals surface area contributed by atoms with Crippen LogP contribution < -0.4 is 20.4 Å². The molecule has 9 nitrogen and oxygen atoms in total. The minimum atomic E-state index is -1.11. The first-order valence-electron chi connectivity index (χ1n) is 12.1. The Kier molecular flexibility index (Phi) is 7.25. The smallest absolute Gasteiger partial charge is 0.321 e. The Morgan fingerprint density at radius 1 is 1.03 bits per heavy atom. The molecule has 2 aromatic rings. The van der Waals surface area contributed by atoms with Crippen molar-refractivity contribution in [2.45, 2.75) is 19.5 Å². The van der Waals surface area contributed by atoms with E-state index in [4.69, 9.17) is 10.7 Å². The molecule has 0 bridgehead atoms. The number of likely N-dealkylation sites (N-methyl/N-ethyl adjacent to an activating group) is 1. The first kappa shape index (κ1) is 24.5. The van der Waals surface area contributed by atoms with Crippen LogP contribution in [-0.4, -0.2) is 87.6 Å². The first-order valence-corrected chi connectivity index (χ1v) is 12.1. The molecule has 4 rings (SSSR count). The summed E-state index contributed by atoms with van der Waals surface area (Å²) >= 11 is 0. The van der Waals surface area contributed by atoms with Gasteiger partial charge in [-0.05, 0) is 49.9 Å². The van der Waals surface area contributed by atoms with Crippen molar-refractivity contribution in [2.24, 2.45) is 10.7 Å². The monoisotopic (exact) mass is 477 g/mol. The van der Waals surface area contributed by atoms with Crippen molar-refractivity contribution in [3.63, 3.8) is 0 Å². The van der Waals surface area contributed by atoms with Crippen molar-refractivity contribution in [1.82, 2.24) is 9.80 Å². The summed E-state index contributed by atoms with van der Waals surface area (Å²) in [6.07, 6.45) is -0.337. The molecule has 2 aromatic carbocycles. The summed E-state index contributed by atoms with van der Waals surface area (Å²) < 4.78 is 0. The van der Waals surface area contributed by atoms with E-state index in [9.17, 15) is 9.59 Å². The molecule has 2 heterocycles. The number of benzene rings is 2. The summed E-state index contributed by atoms with van der Waals surface area (Å²) in [6, 6.07) is 14.5. The van der Waals surface area contributed by atoms with Gasteiger partial charge in [0.1, 0.15) is 5.84 Å². The normalized spacial score (nSPS) is 18.6. The number of nitrogens with two attached hydrogens (primary N) is 1.